The first-order valence-corrected chi connectivity index (χ1v) is 10.7. The lowest BCUT2D eigenvalue weighted by molar-refractivity contribution is -0.0805. The number of nitrogens with one attached hydrogen (secondary N) is 1. The van der Waals surface area contributed by atoms with E-state index in [4.69, 9.17) is 9.84 Å². The molecule has 0 fully saturated rings. The number of ether oxygens (including phenoxy) is 1. The molecule has 1 amide bonds. The van der Waals surface area contributed by atoms with Gasteiger partial charge >= 0.3 is 0 Å². The first-order valence-electron chi connectivity index (χ1n) is 10.7. The minimum Gasteiger partial charge on any atom is -0.394 e. The van der Waals surface area contributed by atoms with Crippen LogP contribution in [0.5, 0.6) is 0 Å². The van der Waals surface area contributed by atoms with Crippen molar-refractivity contribution in [1.82, 2.24) is 19.8 Å². The summed E-state index contributed by atoms with van der Waals surface area (Å²) in [5.41, 5.74) is 1.41. The van der Waals surface area contributed by atoms with Gasteiger partial charge in [0.25, 0.3) is 11.5 Å². The van der Waals surface area contributed by atoms with Crippen molar-refractivity contribution in [3.05, 3.63) is 39.3 Å². The van der Waals surface area contributed by atoms with Gasteiger partial charge in [-0.25, -0.2) is 4.98 Å². The summed E-state index contributed by atoms with van der Waals surface area (Å²) in [6, 6.07) is 3.44. The molecule has 0 aliphatic rings. The van der Waals surface area contributed by atoms with Crippen molar-refractivity contribution in [2.75, 3.05) is 47.0 Å². The molecule has 11 heteroatoms. The van der Waals surface area contributed by atoms with E-state index >= 15 is 0 Å². The summed E-state index contributed by atoms with van der Waals surface area (Å²) < 4.78 is 6.58. The summed E-state index contributed by atoms with van der Waals surface area (Å²) in [6.07, 6.45) is -4.84. The number of carbonyl (C=O) groups is 1. The lowest BCUT2D eigenvalue weighted by atomic mass is 10.1. The molecule has 0 unspecified atom stereocenters. The van der Waals surface area contributed by atoms with Crippen LogP contribution >= 0.6 is 0 Å². The van der Waals surface area contributed by atoms with Gasteiger partial charge in [0.15, 0.2) is 5.69 Å². The van der Waals surface area contributed by atoms with E-state index in [0.717, 1.165) is 22.2 Å². The van der Waals surface area contributed by atoms with Crippen LogP contribution in [0.3, 0.4) is 0 Å². The highest BCUT2D eigenvalue weighted by molar-refractivity contribution is 5.94. The second kappa shape index (κ2) is 12.2. The fourth-order valence-corrected chi connectivity index (χ4v) is 3.16. The number of carbonyl (C=O) groups excluding carboxylic acids is 1. The fraction of sp³-hybridized carbons (Fsp3) is 0.591. The minimum atomic E-state index is -1.69. The normalized spacial score (nSPS) is 14.5. The van der Waals surface area contributed by atoms with E-state index in [9.17, 15) is 24.9 Å². The van der Waals surface area contributed by atoms with Crippen molar-refractivity contribution in [1.29, 1.82) is 0 Å². The van der Waals surface area contributed by atoms with Gasteiger partial charge in [0.1, 0.15) is 18.3 Å². The number of hydrogen-bond donors (Lipinski definition) is 5. The smallest absolute Gasteiger partial charge is 0.282 e. The molecular formula is C22H34N4O7. The Kier molecular flexibility index (Phi) is 9.89. The molecule has 1 aromatic carbocycles. The van der Waals surface area contributed by atoms with Gasteiger partial charge in [-0.1, -0.05) is 0 Å². The van der Waals surface area contributed by atoms with Gasteiger partial charge < -0.3 is 39.9 Å². The lowest BCUT2D eigenvalue weighted by Gasteiger charge is -2.23. The number of likely N-dealkylation sites (N-methyl/N-ethyl adjacent to an activating group) is 1. The van der Waals surface area contributed by atoms with Crippen molar-refractivity contribution in [2.24, 2.45) is 0 Å². The number of benzene rings is 1. The topological polar surface area (TPSA) is 157 Å². The number of aromatic nitrogens is 2. The molecule has 11 nitrogen and oxygen atoms in total. The molecule has 0 saturated heterocycles. The van der Waals surface area contributed by atoms with E-state index in [1.165, 1.54) is 0 Å². The number of aryl methyl sites for hydroxylation is 2. The Hall–Kier alpha value is -2.41. The van der Waals surface area contributed by atoms with Crippen molar-refractivity contribution < 1.29 is 30.0 Å². The number of rotatable bonds is 12. The second-order valence-electron chi connectivity index (χ2n) is 8.28. The molecule has 0 aliphatic heterocycles. The molecule has 2 rings (SSSR count). The summed E-state index contributed by atoms with van der Waals surface area (Å²) in [4.78, 5) is 32.0. The Morgan fingerprint density at radius 2 is 1.82 bits per heavy atom. The molecule has 184 valence electrons. The van der Waals surface area contributed by atoms with E-state index in [-0.39, 0.29) is 18.8 Å². The summed E-state index contributed by atoms with van der Waals surface area (Å²) in [7, 11) is 3.84. The van der Waals surface area contributed by atoms with Gasteiger partial charge in [0.05, 0.1) is 37.4 Å². The third kappa shape index (κ3) is 7.03. The molecule has 2 aromatic rings. The average molecular weight is 467 g/mol. The Morgan fingerprint density at radius 1 is 1.15 bits per heavy atom. The van der Waals surface area contributed by atoms with Crippen molar-refractivity contribution in [3.63, 3.8) is 0 Å². The van der Waals surface area contributed by atoms with Crippen molar-refractivity contribution >= 4 is 16.9 Å². The summed E-state index contributed by atoms with van der Waals surface area (Å²) in [6.45, 7) is 4.24. The minimum absolute atomic E-state index is 0.183. The van der Waals surface area contributed by atoms with E-state index in [2.05, 4.69) is 10.3 Å². The zero-order valence-corrected chi connectivity index (χ0v) is 19.5. The van der Waals surface area contributed by atoms with Crippen LogP contribution in [0, 0.1) is 13.8 Å². The van der Waals surface area contributed by atoms with Crippen LogP contribution < -0.4 is 10.9 Å². The maximum Gasteiger partial charge on any atom is 0.282 e. The molecule has 1 heterocycles. The quantitative estimate of drug-likeness (QED) is 0.232. The maximum absolute atomic E-state index is 13.1. The second-order valence-corrected chi connectivity index (χ2v) is 8.28. The largest absolute Gasteiger partial charge is 0.394 e. The Balaban J connectivity index is 2.32. The lowest BCUT2D eigenvalue weighted by Crippen LogP contribution is -2.44. The van der Waals surface area contributed by atoms with E-state index < -0.39 is 42.9 Å². The van der Waals surface area contributed by atoms with Crippen molar-refractivity contribution in [2.45, 2.75) is 38.7 Å². The van der Waals surface area contributed by atoms with Gasteiger partial charge in [-0.15, -0.1) is 0 Å². The van der Waals surface area contributed by atoms with Crippen LogP contribution in [0.15, 0.2) is 16.9 Å². The molecule has 1 aromatic heterocycles. The number of aliphatic hydroxyl groups excluding tert-OH is 4. The monoisotopic (exact) mass is 466 g/mol. The van der Waals surface area contributed by atoms with E-state index in [1.54, 1.807) is 12.1 Å². The molecule has 0 aliphatic carbocycles. The van der Waals surface area contributed by atoms with Gasteiger partial charge in [-0.05, 0) is 51.2 Å². The van der Waals surface area contributed by atoms with Crippen LogP contribution in [0.25, 0.3) is 11.0 Å². The number of fused-ring (bicyclic) bond motifs is 1. The molecule has 0 bridgehead atoms. The number of hydrogen-bond acceptors (Lipinski definition) is 9. The summed E-state index contributed by atoms with van der Waals surface area (Å²) in [5, 5.41) is 41.6. The van der Waals surface area contributed by atoms with Crippen LogP contribution in [-0.4, -0.2) is 106 Å². The van der Waals surface area contributed by atoms with Crippen LogP contribution in [-0.2, 0) is 11.3 Å². The van der Waals surface area contributed by atoms with Gasteiger partial charge in [-0.3, -0.25) is 9.59 Å². The highest BCUT2D eigenvalue weighted by Crippen LogP contribution is 2.18. The number of nitrogens with zero attached hydrogens (tertiary/aromatic N) is 3. The highest BCUT2D eigenvalue weighted by Gasteiger charge is 2.27. The predicted molar refractivity (Wildman–Crippen MR) is 122 cm³/mol. The third-order valence-corrected chi connectivity index (χ3v) is 5.34. The Labute approximate surface area is 192 Å². The maximum atomic E-state index is 13.1. The molecule has 0 spiro atoms. The fourth-order valence-electron chi connectivity index (χ4n) is 3.16. The van der Waals surface area contributed by atoms with Crippen LogP contribution in [0.4, 0.5) is 0 Å². The Morgan fingerprint density at radius 3 is 2.45 bits per heavy atom. The molecule has 0 saturated carbocycles. The van der Waals surface area contributed by atoms with E-state index in [0.29, 0.717) is 17.6 Å². The summed E-state index contributed by atoms with van der Waals surface area (Å²) >= 11 is 0. The standard InChI is InChI=1S/C22H34N4O7/c1-13-9-15-16(10-14(13)2)26(11-17(28)20(30)18(29)12-27)22(32)19(24-15)21(31)23-5-7-33-8-6-25(3)4/h9-10,17-18,20,27-30H,5-8,11-12H2,1-4H3,(H,23,31)/t17-,18+,20-/m0/s1. The first kappa shape index (κ1) is 26.8. The SMILES string of the molecule is Cc1cc2nc(C(=O)NCCOCCN(C)C)c(=O)n(C[C@H](O)[C@H](O)[C@H](O)CO)c2cc1C. The van der Waals surface area contributed by atoms with Crippen LogP contribution in [0.1, 0.15) is 21.6 Å². The molecule has 5 N–H and O–H groups in total. The van der Waals surface area contributed by atoms with Crippen LogP contribution in [0.2, 0.25) is 0 Å². The molecular weight excluding hydrogens is 432 g/mol. The molecule has 3 atom stereocenters. The van der Waals surface area contributed by atoms with Gasteiger partial charge in [0, 0.05) is 13.1 Å². The Bertz CT molecular complexity index is 1010. The molecule has 0 radical (unpaired) electrons. The predicted octanol–water partition coefficient (Wildman–Crippen LogP) is -1.60. The average Bonchev–Trinajstić information content (AvgIpc) is 2.77. The first-order chi connectivity index (χ1) is 15.6. The van der Waals surface area contributed by atoms with Crippen molar-refractivity contribution in [3.8, 4) is 0 Å². The summed E-state index contributed by atoms with van der Waals surface area (Å²) in [5.74, 6) is -0.685. The van der Waals surface area contributed by atoms with Gasteiger partial charge in [-0.2, -0.15) is 0 Å². The third-order valence-electron chi connectivity index (χ3n) is 5.34. The highest BCUT2D eigenvalue weighted by atomic mass is 16.5. The molecule has 33 heavy (non-hydrogen) atoms. The number of aliphatic hydroxyl groups is 4. The zero-order valence-electron chi connectivity index (χ0n) is 19.5. The number of amides is 1. The van der Waals surface area contributed by atoms with Gasteiger partial charge in [0.2, 0.25) is 0 Å². The zero-order chi connectivity index (χ0) is 24.7. The van der Waals surface area contributed by atoms with E-state index in [1.807, 2.05) is 32.8 Å².